The number of hydrogen-bond acceptors (Lipinski definition) is 7. The molecule has 3 aromatic heterocycles. The van der Waals surface area contributed by atoms with Crippen molar-refractivity contribution in [3.8, 4) is 10.4 Å². The number of halogens is 1. The van der Waals surface area contributed by atoms with E-state index in [2.05, 4.69) is 31.3 Å². The first-order valence-electron chi connectivity index (χ1n) is 11.2. The molecule has 0 aliphatic carbocycles. The monoisotopic (exact) mass is 508 g/mol. The van der Waals surface area contributed by atoms with Gasteiger partial charge < -0.3 is 19.9 Å². The van der Waals surface area contributed by atoms with Gasteiger partial charge in [-0.1, -0.05) is 17.7 Å². The lowest BCUT2D eigenvalue weighted by molar-refractivity contribution is 0.0270. The molecule has 180 valence electrons. The van der Waals surface area contributed by atoms with Crippen LogP contribution >= 0.6 is 22.9 Å². The Kier molecular flexibility index (Phi) is 6.21. The van der Waals surface area contributed by atoms with Gasteiger partial charge in [0.2, 0.25) is 0 Å². The van der Waals surface area contributed by atoms with Crippen LogP contribution in [0.15, 0.2) is 48.4 Å². The highest BCUT2D eigenvalue weighted by atomic mass is 35.5. The van der Waals surface area contributed by atoms with Crippen molar-refractivity contribution in [2.45, 2.75) is 32.8 Å². The third kappa shape index (κ3) is 5.31. The lowest BCUT2D eigenvalue weighted by Gasteiger charge is -2.29. The number of fused-ring (bicyclic) bond motifs is 1. The fraction of sp³-hybridized carbons (Fsp3) is 0.280. The van der Waals surface area contributed by atoms with Crippen LogP contribution in [0.4, 0.5) is 16.3 Å². The van der Waals surface area contributed by atoms with Gasteiger partial charge in [-0.25, -0.2) is 14.8 Å². The summed E-state index contributed by atoms with van der Waals surface area (Å²) >= 11 is 7.95. The predicted molar refractivity (Wildman–Crippen MR) is 140 cm³/mol. The van der Waals surface area contributed by atoms with Crippen LogP contribution in [0, 0.1) is 0 Å². The molecule has 10 heteroatoms. The highest BCUT2D eigenvalue weighted by Crippen LogP contribution is 2.33. The SMILES string of the molecule is CC(C)(C)OC(=O)N1CC=C(c2cc3c(Nc4cc(Cl)cc(-c5cncs5)c4)ncnc3[nH]2)CC1. The van der Waals surface area contributed by atoms with Gasteiger partial charge >= 0.3 is 6.09 Å². The van der Waals surface area contributed by atoms with E-state index >= 15 is 0 Å². The van der Waals surface area contributed by atoms with E-state index in [9.17, 15) is 4.79 Å². The summed E-state index contributed by atoms with van der Waals surface area (Å²) in [6, 6.07) is 7.85. The van der Waals surface area contributed by atoms with Crippen LogP contribution in [0.2, 0.25) is 5.02 Å². The van der Waals surface area contributed by atoms with Crippen molar-refractivity contribution in [3.63, 3.8) is 0 Å². The number of H-pyrrole nitrogens is 1. The number of ether oxygens (including phenoxy) is 1. The molecule has 0 unspecified atom stereocenters. The molecule has 1 aromatic carbocycles. The smallest absolute Gasteiger partial charge is 0.410 e. The topological polar surface area (TPSA) is 96.0 Å². The number of amides is 1. The second kappa shape index (κ2) is 9.31. The molecule has 0 radical (unpaired) electrons. The van der Waals surface area contributed by atoms with E-state index < -0.39 is 5.60 Å². The Hall–Kier alpha value is -3.43. The first-order chi connectivity index (χ1) is 16.7. The fourth-order valence-electron chi connectivity index (χ4n) is 3.92. The Morgan fingerprint density at radius 3 is 2.80 bits per heavy atom. The molecule has 35 heavy (non-hydrogen) atoms. The Bertz CT molecular complexity index is 1410. The number of benzene rings is 1. The average molecular weight is 509 g/mol. The Morgan fingerprint density at radius 1 is 1.23 bits per heavy atom. The molecule has 1 aliphatic heterocycles. The van der Waals surface area contributed by atoms with Crippen LogP contribution in [-0.4, -0.2) is 49.6 Å². The summed E-state index contributed by atoms with van der Waals surface area (Å²) in [6.45, 7) is 6.71. The maximum Gasteiger partial charge on any atom is 0.410 e. The summed E-state index contributed by atoms with van der Waals surface area (Å²) in [4.78, 5) is 31.5. The molecule has 2 N–H and O–H groups in total. The number of aromatic amines is 1. The van der Waals surface area contributed by atoms with Crippen molar-refractivity contribution in [2.24, 2.45) is 0 Å². The number of anilines is 2. The van der Waals surface area contributed by atoms with E-state index in [0.29, 0.717) is 23.9 Å². The van der Waals surface area contributed by atoms with Crippen LogP contribution in [0.1, 0.15) is 32.9 Å². The van der Waals surface area contributed by atoms with Crippen molar-refractivity contribution in [1.29, 1.82) is 0 Å². The van der Waals surface area contributed by atoms with Gasteiger partial charge in [-0.15, -0.1) is 11.3 Å². The highest BCUT2D eigenvalue weighted by Gasteiger charge is 2.24. The zero-order valence-electron chi connectivity index (χ0n) is 19.6. The van der Waals surface area contributed by atoms with Crippen molar-refractivity contribution in [3.05, 3.63) is 59.1 Å². The molecule has 0 spiro atoms. The summed E-state index contributed by atoms with van der Waals surface area (Å²) in [7, 11) is 0. The molecule has 0 fully saturated rings. The first kappa shape index (κ1) is 23.3. The predicted octanol–water partition coefficient (Wildman–Crippen LogP) is 6.50. The molecule has 1 amide bonds. The number of thiazole rings is 1. The molecule has 0 atom stereocenters. The van der Waals surface area contributed by atoms with Gasteiger partial charge in [0.15, 0.2) is 0 Å². The lowest BCUT2D eigenvalue weighted by atomic mass is 10.1. The standard InChI is InChI=1S/C25H25ClN6O2S/c1-25(2,3)34-24(33)32-6-4-15(5-7-32)20-11-19-22(28-13-29-23(19)31-20)30-18-9-16(8-17(26)10-18)21-12-27-14-35-21/h4,8-14H,5-7H2,1-3H3,(H2,28,29,30,31). The molecule has 4 heterocycles. The van der Waals surface area contributed by atoms with E-state index in [0.717, 1.165) is 44.8 Å². The van der Waals surface area contributed by atoms with Gasteiger partial charge in [-0.2, -0.15) is 0 Å². The zero-order valence-corrected chi connectivity index (χ0v) is 21.2. The van der Waals surface area contributed by atoms with Gasteiger partial charge in [-0.05, 0) is 62.6 Å². The molecular weight excluding hydrogens is 484 g/mol. The summed E-state index contributed by atoms with van der Waals surface area (Å²) in [5.41, 5.74) is 5.93. The zero-order chi connectivity index (χ0) is 24.6. The largest absolute Gasteiger partial charge is 0.444 e. The summed E-state index contributed by atoms with van der Waals surface area (Å²) in [6.07, 6.45) is 5.83. The van der Waals surface area contributed by atoms with Crippen LogP contribution in [0.25, 0.3) is 27.0 Å². The van der Waals surface area contributed by atoms with Gasteiger partial charge in [-0.3, -0.25) is 4.98 Å². The van der Waals surface area contributed by atoms with Crippen LogP contribution in [0.3, 0.4) is 0 Å². The fourth-order valence-corrected chi connectivity index (χ4v) is 4.76. The Balaban J connectivity index is 1.38. The van der Waals surface area contributed by atoms with E-state index in [1.54, 1.807) is 21.7 Å². The van der Waals surface area contributed by atoms with E-state index in [1.807, 2.05) is 51.2 Å². The minimum absolute atomic E-state index is 0.291. The normalized spacial score (nSPS) is 14.2. The summed E-state index contributed by atoms with van der Waals surface area (Å²) in [5, 5.41) is 4.89. The molecule has 0 bridgehead atoms. The van der Waals surface area contributed by atoms with E-state index in [-0.39, 0.29) is 6.09 Å². The third-order valence-electron chi connectivity index (χ3n) is 5.51. The van der Waals surface area contributed by atoms with Crippen molar-refractivity contribution in [1.82, 2.24) is 24.8 Å². The molecule has 8 nitrogen and oxygen atoms in total. The summed E-state index contributed by atoms with van der Waals surface area (Å²) < 4.78 is 5.49. The van der Waals surface area contributed by atoms with Gasteiger partial charge in [0.25, 0.3) is 0 Å². The number of aromatic nitrogens is 4. The number of rotatable bonds is 4. The van der Waals surface area contributed by atoms with Gasteiger partial charge in [0.1, 0.15) is 23.4 Å². The second-order valence-electron chi connectivity index (χ2n) is 9.29. The van der Waals surface area contributed by atoms with Crippen LogP contribution in [-0.2, 0) is 4.74 Å². The minimum atomic E-state index is -0.509. The lowest BCUT2D eigenvalue weighted by Crippen LogP contribution is -2.39. The number of nitrogens with one attached hydrogen (secondary N) is 2. The van der Waals surface area contributed by atoms with Crippen molar-refractivity contribution >= 4 is 57.1 Å². The molecule has 0 saturated heterocycles. The quantitative estimate of drug-likeness (QED) is 0.326. The molecule has 5 rings (SSSR count). The number of carbonyl (C=O) groups excluding carboxylic acids is 1. The van der Waals surface area contributed by atoms with Gasteiger partial charge in [0, 0.05) is 35.7 Å². The average Bonchev–Trinajstić information content (AvgIpc) is 3.49. The molecule has 1 aliphatic rings. The van der Waals surface area contributed by atoms with Crippen LogP contribution < -0.4 is 5.32 Å². The third-order valence-corrected chi connectivity index (χ3v) is 6.55. The molecule has 0 saturated carbocycles. The second-order valence-corrected chi connectivity index (χ2v) is 10.6. The Labute approximate surface area is 212 Å². The Morgan fingerprint density at radius 2 is 2.09 bits per heavy atom. The minimum Gasteiger partial charge on any atom is -0.444 e. The van der Waals surface area contributed by atoms with E-state index in [1.165, 1.54) is 6.33 Å². The first-order valence-corrected chi connectivity index (χ1v) is 12.5. The molecular formula is C25H25ClN6O2S. The van der Waals surface area contributed by atoms with E-state index in [4.69, 9.17) is 16.3 Å². The maximum atomic E-state index is 12.4. The van der Waals surface area contributed by atoms with Crippen molar-refractivity contribution in [2.75, 3.05) is 18.4 Å². The number of nitrogens with zero attached hydrogens (tertiary/aromatic N) is 4. The molecule has 4 aromatic rings. The number of hydrogen-bond donors (Lipinski definition) is 2. The summed E-state index contributed by atoms with van der Waals surface area (Å²) in [5.74, 6) is 0.682. The van der Waals surface area contributed by atoms with Crippen LogP contribution in [0.5, 0.6) is 0 Å². The van der Waals surface area contributed by atoms with Gasteiger partial charge in [0.05, 0.1) is 15.8 Å². The number of carbonyl (C=O) groups is 1. The highest BCUT2D eigenvalue weighted by molar-refractivity contribution is 7.13. The van der Waals surface area contributed by atoms with Crippen molar-refractivity contribution < 1.29 is 9.53 Å². The maximum absolute atomic E-state index is 12.4.